The van der Waals surface area contributed by atoms with Crippen molar-refractivity contribution in [1.29, 1.82) is 0 Å². The molecule has 2 aromatic rings. The molecule has 0 aromatic heterocycles. The number of hydrogen-bond acceptors (Lipinski definition) is 4. The third kappa shape index (κ3) is 3.97. The summed E-state index contributed by atoms with van der Waals surface area (Å²) in [6.07, 6.45) is -8.01. The summed E-state index contributed by atoms with van der Waals surface area (Å²) in [6, 6.07) is 10.1. The smallest absolute Gasteiger partial charge is 0.432 e. The molecule has 0 bridgehead atoms. The van der Waals surface area contributed by atoms with Gasteiger partial charge in [-0.2, -0.15) is 13.2 Å². The number of Topliss-reactive ketones (excluding diaryl/α,β-unsaturated/α-hetero) is 1. The molecule has 142 valence electrons. The number of nitro groups is 1. The minimum absolute atomic E-state index is 0.107. The first-order chi connectivity index (χ1) is 12.7. The van der Waals surface area contributed by atoms with Crippen LogP contribution in [0.25, 0.3) is 0 Å². The summed E-state index contributed by atoms with van der Waals surface area (Å²) < 4.78 is 45.8. The van der Waals surface area contributed by atoms with Crippen LogP contribution in [0.15, 0.2) is 53.0 Å². The number of carbonyl (C=O) groups is 1. The highest BCUT2D eigenvalue weighted by molar-refractivity contribution is 9.10. The molecule has 1 aliphatic heterocycles. The van der Waals surface area contributed by atoms with Crippen LogP contribution in [0.3, 0.4) is 0 Å². The van der Waals surface area contributed by atoms with E-state index in [2.05, 4.69) is 15.9 Å². The third-order valence-corrected chi connectivity index (χ3v) is 4.91. The maximum atomic E-state index is 13.4. The van der Waals surface area contributed by atoms with Gasteiger partial charge >= 0.3 is 6.18 Å². The van der Waals surface area contributed by atoms with Gasteiger partial charge in [0.1, 0.15) is 5.75 Å². The van der Waals surface area contributed by atoms with E-state index in [0.29, 0.717) is 4.47 Å². The Labute approximate surface area is 160 Å². The molecule has 3 atom stereocenters. The molecule has 1 heterocycles. The number of alkyl halides is 3. The van der Waals surface area contributed by atoms with E-state index >= 15 is 0 Å². The Bertz CT molecular complexity index is 873. The quantitative estimate of drug-likeness (QED) is 0.387. The third-order valence-electron chi connectivity index (χ3n) is 4.41. The van der Waals surface area contributed by atoms with Gasteiger partial charge in [0.2, 0.25) is 0 Å². The number of fused-ring (bicyclic) bond motifs is 1. The van der Waals surface area contributed by atoms with E-state index in [1.807, 2.05) is 0 Å². The summed E-state index contributed by atoms with van der Waals surface area (Å²) in [5, 5.41) is 11.5. The molecule has 0 spiro atoms. The van der Waals surface area contributed by atoms with Crippen LogP contribution in [0.5, 0.6) is 5.75 Å². The van der Waals surface area contributed by atoms with Crippen molar-refractivity contribution in [3.8, 4) is 5.75 Å². The fraction of sp³-hybridized carbons (Fsp3) is 0.278. The number of halogens is 4. The standard InChI is InChI=1S/C18H13BrF3NO4/c19-11-6-7-15-12(8-11)13(9-14(24)10-4-2-1-3-5-10)16(23(25)26)17(27-15)18(20,21)22/h1-8,13,16-17H,9H2/t13-,16+,17+/m1/s1. The Morgan fingerprint density at radius 2 is 1.85 bits per heavy atom. The van der Waals surface area contributed by atoms with Crippen molar-refractivity contribution in [2.45, 2.75) is 30.7 Å². The summed E-state index contributed by atoms with van der Waals surface area (Å²) in [5.41, 5.74) is 0.488. The first-order valence-corrected chi connectivity index (χ1v) is 8.72. The van der Waals surface area contributed by atoms with Gasteiger partial charge in [-0.05, 0) is 18.2 Å². The van der Waals surface area contributed by atoms with Crippen molar-refractivity contribution < 1.29 is 27.6 Å². The van der Waals surface area contributed by atoms with E-state index in [9.17, 15) is 28.1 Å². The average Bonchev–Trinajstić information content (AvgIpc) is 2.61. The fourth-order valence-electron chi connectivity index (χ4n) is 3.21. The summed E-state index contributed by atoms with van der Waals surface area (Å²) in [5.74, 6) is -1.86. The molecule has 0 fully saturated rings. The lowest BCUT2D eigenvalue weighted by Crippen LogP contribution is -2.53. The number of benzene rings is 2. The zero-order chi connectivity index (χ0) is 19.8. The summed E-state index contributed by atoms with van der Waals surface area (Å²) >= 11 is 3.21. The van der Waals surface area contributed by atoms with Crippen LogP contribution in [0.4, 0.5) is 13.2 Å². The number of rotatable bonds is 4. The van der Waals surface area contributed by atoms with E-state index in [-0.39, 0.29) is 16.9 Å². The number of ether oxygens (including phenoxy) is 1. The molecule has 0 aliphatic carbocycles. The van der Waals surface area contributed by atoms with Crippen LogP contribution in [-0.2, 0) is 0 Å². The van der Waals surface area contributed by atoms with Gasteiger partial charge in [0.25, 0.3) is 12.1 Å². The van der Waals surface area contributed by atoms with E-state index in [4.69, 9.17) is 4.74 Å². The SMILES string of the molecule is O=C(C[C@@H]1c2cc(Br)ccc2O[C@H](C(F)(F)F)[C@H]1[N+](=O)[O-])c1ccccc1. The molecule has 5 nitrogen and oxygen atoms in total. The molecular formula is C18H13BrF3NO4. The van der Waals surface area contributed by atoms with Gasteiger partial charge in [-0.3, -0.25) is 14.9 Å². The molecule has 27 heavy (non-hydrogen) atoms. The van der Waals surface area contributed by atoms with Crippen molar-refractivity contribution >= 4 is 21.7 Å². The highest BCUT2D eigenvalue weighted by Crippen LogP contribution is 2.45. The molecule has 0 saturated heterocycles. The van der Waals surface area contributed by atoms with Gasteiger partial charge in [0.15, 0.2) is 5.78 Å². The molecule has 2 aromatic carbocycles. The predicted octanol–water partition coefficient (Wildman–Crippen LogP) is 4.77. The van der Waals surface area contributed by atoms with Crippen LogP contribution < -0.4 is 4.74 Å². The molecule has 0 saturated carbocycles. The Balaban J connectivity index is 2.07. The van der Waals surface area contributed by atoms with Gasteiger partial charge in [0.05, 0.1) is 5.92 Å². The Kier molecular flexibility index (Phi) is 5.23. The largest absolute Gasteiger partial charge is 0.473 e. The predicted molar refractivity (Wildman–Crippen MR) is 93.5 cm³/mol. The Morgan fingerprint density at radius 3 is 2.44 bits per heavy atom. The van der Waals surface area contributed by atoms with Crippen LogP contribution >= 0.6 is 15.9 Å². The van der Waals surface area contributed by atoms with Crippen LogP contribution in [0.2, 0.25) is 0 Å². The van der Waals surface area contributed by atoms with Crippen molar-refractivity contribution in [3.63, 3.8) is 0 Å². The van der Waals surface area contributed by atoms with Gasteiger partial charge in [-0.1, -0.05) is 46.3 Å². The molecular weight excluding hydrogens is 431 g/mol. The normalized spacial score (nSPS) is 21.9. The monoisotopic (exact) mass is 443 g/mol. The minimum atomic E-state index is -4.95. The molecule has 0 N–H and O–H groups in total. The highest BCUT2D eigenvalue weighted by atomic mass is 79.9. The lowest BCUT2D eigenvalue weighted by atomic mass is 9.81. The number of carbonyl (C=O) groups excluding carboxylic acids is 1. The fourth-order valence-corrected chi connectivity index (χ4v) is 3.59. The van der Waals surface area contributed by atoms with E-state index < -0.39 is 41.4 Å². The second-order valence-corrected chi connectivity index (χ2v) is 7.05. The lowest BCUT2D eigenvalue weighted by Gasteiger charge is -2.35. The maximum Gasteiger partial charge on any atom is 0.432 e. The number of hydrogen-bond donors (Lipinski definition) is 0. The second-order valence-electron chi connectivity index (χ2n) is 6.14. The first kappa shape index (κ1) is 19.3. The van der Waals surface area contributed by atoms with Gasteiger partial charge in [-0.25, -0.2) is 0 Å². The first-order valence-electron chi connectivity index (χ1n) is 7.93. The minimum Gasteiger partial charge on any atom is -0.473 e. The van der Waals surface area contributed by atoms with E-state index in [1.165, 1.54) is 30.3 Å². The topological polar surface area (TPSA) is 69.4 Å². The lowest BCUT2D eigenvalue weighted by molar-refractivity contribution is -0.548. The second kappa shape index (κ2) is 7.30. The molecule has 3 rings (SSSR count). The average molecular weight is 444 g/mol. The van der Waals surface area contributed by atoms with Gasteiger partial charge < -0.3 is 4.74 Å². The van der Waals surface area contributed by atoms with Crippen molar-refractivity contribution in [2.24, 2.45) is 0 Å². The van der Waals surface area contributed by atoms with Crippen LogP contribution in [0, 0.1) is 10.1 Å². The zero-order valence-corrected chi connectivity index (χ0v) is 15.2. The summed E-state index contributed by atoms with van der Waals surface area (Å²) in [6.45, 7) is 0. The number of nitrogens with zero attached hydrogens (tertiary/aromatic N) is 1. The Morgan fingerprint density at radius 1 is 1.19 bits per heavy atom. The number of ketones is 1. The van der Waals surface area contributed by atoms with Crippen LogP contribution in [0.1, 0.15) is 28.3 Å². The molecule has 9 heteroatoms. The zero-order valence-electron chi connectivity index (χ0n) is 13.7. The molecule has 0 radical (unpaired) electrons. The maximum absolute atomic E-state index is 13.4. The molecule has 0 amide bonds. The van der Waals surface area contributed by atoms with Crippen LogP contribution in [-0.4, -0.2) is 29.0 Å². The molecule has 0 unspecified atom stereocenters. The summed E-state index contributed by atoms with van der Waals surface area (Å²) in [4.78, 5) is 23.1. The highest BCUT2D eigenvalue weighted by Gasteiger charge is 2.59. The van der Waals surface area contributed by atoms with Gasteiger partial charge in [-0.15, -0.1) is 0 Å². The van der Waals surface area contributed by atoms with Crippen molar-refractivity contribution in [2.75, 3.05) is 0 Å². The summed E-state index contributed by atoms with van der Waals surface area (Å²) in [7, 11) is 0. The van der Waals surface area contributed by atoms with E-state index in [1.54, 1.807) is 18.2 Å². The van der Waals surface area contributed by atoms with Crippen molar-refractivity contribution in [1.82, 2.24) is 0 Å². The van der Waals surface area contributed by atoms with Crippen molar-refractivity contribution in [3.05, 3.63) is 74.2 Å². The van der Waals surface area contributed by atoms with Gasteiger partial charge in [0, 0.05) is 26.9 Å². The Hall–Kier alpha value is -2.42. The molecule has 1 aliphatic rings. The van der Waals surface area contributed by atoms with E-state index in [0.717, 1.165) is 0 Å².